The molecule has 0 fully saturated rings. The summed E-state index contributed by atoms with van der Waals surface area (Å²) in [6, 6.07) is 7.37. The van der Waals surface area contributed by atoms with Crippen molar-refractivity contribution in [3.8, 4) is 0 Å². The van der Waals surface area contributed by atoms with Gasteiger partial charge in [-0.2, -0.15) is 0 Å². The van der Waals surface area contributed by atoms with Crippen LogP contribution < -0.4 is 9.58 Å². The molecule has 1 heterocycles. The van der Waals surface area contributed by atoms with Crippen LogP contribution in [0, 0.1) is 0 Å². The molecule has 1 N–H and O–H groups in total. The number of aromatic nitrogens is 2. The summed E-state index contributed by atoms with van der Waals surface area (Å²) in [5.41, 5.74) is 1.45. The summed E-state index contributed by atoms with van der Waals surface area (Å²) in [7, 11) is -2.88. The van der Waals surface area contributed by atoms with E-state index in [4.69, 9.17) is 5.11 Å². The van der Waals surface area contributed by atoms with Crippen molar-refractivity contribution in [3.05, 3.63) is 36.0 Å². The van der Waals surface area contributed by atoms with Gasteiger partial charge in [0.25, 0.3) is 0 Å². The molecule has 94 valence electrons. The first-order chi connectivity index (χ1) is 8.70. The average Bonchev–Trinajstić information content (AvgIpc) is 2.36. The molecular formula is C11H12N2O4P+. The summed E-state index contributed by atoms with van der Waals surface area (Å²) >= 11 is 0. The highest BCUT2D eigenvalue weighted by Gasteiger charge is 2.14. The zero-order chi connectivity index (χ0) is 13.0. The molecule has 7 heteroatoms. The van der Waals surface area contributed by atoms with E-state index >= 15 is 0 Å². The number of hydrogen-bond acceptors (Lipinski definition) is 5. The van der Waals surface area contributed by atoms with Crippen molar-refractivity contribution >= 4 is 19.2 Å². The molecule has 2 rings (SSSR count). The minimum Gasteiger partial charge on any atom is -0.566 e. The molecule has 0 saturated heterocycles. The van der Waals surface area contributed by atoms with Crippen LogP contribution in [-0.2, 0) is 22.2 Å². The Bertz CT molecular complexity index is 576. The third-order valence-corrected chi connectivity index (χ3v) is 2.79. The summed E-state index contributed by atoms with van der Waals surface area (Å²) in [5, 5.41) is 14.1. The van der Waals surface area contributed by atoms with Gasteiger partial charge in [-0.15, -0.1) is 4.52 Å². The molecule has 0 amide bonds. The fraction of sp³-hybridized carbons (Fsp3) is 0.273. The van der Waals surface area contributed by atoms with E-state index in [0.29, 0.717) is 12.1 Å². The smallest absolute Gasteiger partial charge is 0.488 e. The fourth-order valence-corrected chi connectivity index (χ4v) is 1.95. The molecule has 0 aliphatic carbocycles. The highest BCUT2D eigenvalue weighted by molar-refractivity contribution is 7.30. The van der Waals surface area contributed by atoms with E-state index in [1.165, 1.54) is 0 Å². The standard InChI is InChI=1S/C11H12N2O4P/c14-6-5-13-7-9(8-17-18(15)16)10-3-1-2-4-11(10)12-13/h1-4,7,14H,5-6,8H2/q+1. The lowest BCUT2D eigenvalue weighted by molar-refractivity contribution is -0.752. The van der Waals surface area contributed by atoms with Gasteiger partial charge >= 0.3 is 8.25 Å². The van der Waals surface area contributed by atoms with Crippen molar-refractivity contribution in [2.24, 2.45) is 0 Å². The number of nitrogens with zero attached hydrogens (tertiary/aromatic N) is 2. The molecule has 0 saturated carbocycles. The largest absolute Gasteiger partial charge is 0.566 e. The van der Waals surface area contributed by atoms with Crippen LogP contribution in [-0.4, -0.2) is 16.8 Å². The lowest BCUT2D eigenvalue weighted by Gasteiger charge is -2.01. The van der Waals surface area contributed by atoms with Crippen molar-refractivity contribution in [3.63, 3.8) is 0 Å². The van der Waals surface area contributed by atoms with E-state index in [-0.39, 0.29) is 13.2 Å². The van der Waals surface area contributed by atoms with E-state index in [0.717, 1.165) is 10.9 Å². The van der Waals surface area contributed by atoms with Crippen LogP contribution in [0.4, 0.5) is 0 Å². The number of benzene rings is 1. The Morgan fingerprint density at radius 3 is 2.94 bits per heavy atom. The Hall–Kier alpha value is -1.46. The van der Waals surface area contributed by atoms with Gasteiger partial charge in [0.15, 0.2) is 6.54 Å². The van der Waals surface area contributed by atoms with Gasteiger partial charge in [-0.3, -0.25) is 0 Å². The SMILES string of the molecule is O=[P+]([O-])OCc1c[n+](CCO)nc2ccccc12. The van der Waals surface area contributed by atoms with Gasteiger partial charge < -0.3 is 10.00 Å². The number of aliphatic hydroxyl groups excluding tert-OH is 1. The number of aliphatic hydroxyl groups is 1. The number of fused-ring (bicyclic) bond motifs is 1. The molecule has 0 bridgehead atoms. The van der Waals surface area contributed by atoms with Gasteiger partial charge in [0.05, 0.1) is 5.56 Å². The third-order valence-electron chi connectivity index (χ3n) is 2.45. The molecule has 2 aromatic rings. The Morgan fingerprint density at radius 2 is 2.22 bits per heavy atom. The van der Waals surface area contributed by atoms with Crippen molar-refractivity contribution < 1.29 is 23.8 Å². The summed E-state index contributed by atoms with van der Waals surface area (Å²) in [5.74, 6) is 0. The highest BCUT2D eigenvalue weighted by atomic mass is 31.1. The van der Waals surface area contributed by atoms with E-state index in [2.05, 4.69) is 9.62 Å². The fourth-order valence-electron chi connectivity index (χ4n) is 1.70. The van der Waals surface area contributed by atoms with Crippen molar-refractivity contribution in [2.45, 2.75) is 13.2 Å². The normalized spacial score (nSPS) is 11.8. The minimum absolute atomic E-state index is 0.0346. The van der Waals surface area contributed by atoms with Crippen molar-refractivity contribution in [1.29, 1.82) is 0 Å². The highest BCUT2D eigenvalue weighted by Crippen LogP contribution is 2.19. The van der Waals surface area contributed by atoms with E-state index in [1.807, 2.05) is 24.3 Å². The molecule has 1 aromatic carbocycles. The van der Waals surface area contributed by atoms with Gasteiger partial charge in [0.2, 0.25) is 6.20 Å². The summed E-state index contributed by atoms with van der Waals surface area (Å²) in [4.78, 5) is 10.5. The predicted octanol–water partition coefficient (Wildman–Crippen LogP) is 0.0489. The zero-order valence-corrected chi connectivity index (χ0v) is 10.4. The zero-order valence-electron chi connectivity index (χ0n) is 9.52. The van der Waals surface area contributed by atoms with Crippen LogP contribution in [0.2, 0.25) is 0 Å². The molecule has 1 unspecified atom stereocenters. The third kappa shape index (κ3) is 3.05. The molecule has 6 nitrogen and oxygen atoms in total. The molecular weight excluding hydrogens is 255 g/mol. The monoisotopic (exact) mass is 267 g/mol. The van der Waals surface area contributed by atoms with Crippen LogP contribution >= 0.6 is 8.25 Å². The first kappa shape index (κ1) is 13.0. The molecule has 0 aliphatic rings. The van der Waals surface area contributed by atoms with Crippen LogP contribution in [0.25, 0.3) is 10.9 Å². The van der Waals surface area contributed by atoms with Crippen LogP contribution in [0.3, 0.4) is 0 Å². The first-order valence-electron chi connectivity index (χ1n) is 5.37. The molecule has 0 aliphatic heterocycles. The Balaban J connectivity index is 2.43. The lowest BCUT2D eigenvalue weighted by Crippen LogP contribution is -2.40. The van der Waals surface area contributed by atoms with Crippen LogP contribution in [0.15, 0.2) is 30.5 Å². The van der Waals surface area contributed by atoms with E-state index in [9.17, 15) is 9.46 Å². The Morgan fingerprint density at radius 1 is 1.44 bits per heavy atom. The van der Waals surface area contributed by atoms with E-state index < -0.39 is 8.25 Å². The van der Waals surface area contributed by atoms with Gasteiger partial charge in [0.1, 0.15) is 18.7 Å². The summed E-state index contributed by atoms with van der Waals surface area (Å²) in [6.07, 6.45) is 1.68. The Kier molecular flexibility index (Phi) is 4.28. The van der Waals surface area contributed by atoms with Gasteiger partial charge in [-0.25, -0.2) is 0 Å². The van der Waals surface area contributed by atoms with Gasteiger partial charge in [0, 0.05) is 10.5 Å². The second kappa shape index (κ2) is 5.93. The molecule has 0 radical (unpaired) electrons. The maximum Gasteiger partial charge on any atom is 0.488 e. The first-order valence-corrected chi connectivity index (χ1v) is 6.47. The molecule has 1 aromatic heterocycles. The number of hydrogen-bond donors (Lipinski definition) is 1. The molecule has 0 spiro atoms. The van der Waals surface area contributed by atoms with Crippen molar-refractivity contribution in [2.75, 3.05) is 6.61 Å². The minimum atomic E-state index is -2.88. The summed E-state index contributed by atoms with van der Waals surface area (Å²) < 4.78 is 16.7. The second-order valence-corrected chi connectivity index (χ2v) is 4.36. The maximum absolute atomic E-state index is 10.5. The van der Waals surface area contributed by atoms with E-state index in [1.54, 1.807) is 10.9 Å². The maximum atomic E-state index is 10.5. The van der Waals surface area contributed by atoms with Crippen molar-refractivity contribution in [1.82, 2.24) is 5.10 Å². The molecule has 18 heavy (non-hydrogen) atoms. The molecule has 1 atom stereocenters. The van der Waals surface area contributed by atoms with Crippen LogP contribution in [0.5, 0.6) is 0 Å². The Labute approximate surface area is 104 Å². The average molecular weight is 267 g/mol. The van der Waals surface area contributed by atoms with Gasteiger partial charge in [-0.05, 0) is 10.6 Å². The second-order valence-electron chi connectivity index (χ2n) is 3.66. The lowest BCUT2D eigenvalue weighted by atomic mass is 10.1. The number of rotatable bonds is 5. The van der Waals surface area contributed by atoms with Gasteiger partial charge in [-0.1, -0.05) is 22.9 Å². The topological polar surface area (TPSA) is 86.4 Å². The van der Waals surface area contributed by atoms with Crippen LogP contribution in [0.1, 0.15) is 5.56 Å². The predicted molar refractivity (Wildman–Crippen MR) is 61.4 cm³/mol. The summed E-state index contributed by atoms with van der Waals surface area (Å²) in [6.45, 7) is 0.278. The quantitative estimate of drug-likeness (QED) is 0.611.